The molecule has 0 atom stereocenters. The van der Waals surface area contributed by atoms with Crippen molar-refractivity contribution in [3.63, 3.8) is 0 Å². The first-order valence-electron chi connectivity index (χ1n) is 12.2. The highest BCUT2D eigenvalue weighted by Gasteiger charge is 2.51. The van der Waals surface area contributed by atoms with E-state index in [1.54, 1.807) is 0 Å². The first-order chi connectivity index (χ1) is 17.4. The average Bonchev–Trinajstić information content (AvgIpc) is 3.40. The molecule has 1 spiro atoms. The van der Waals surface area contributed by atoms with Crippen molar-refractivity contribution in [2.24, 2.45) is 0 Å². The molecule has 0 amide bonds. The van der Waals surface area contributed by atoms with Crippen LogP contribution < -0.4 is 0 Å². The lowest BCUT2D eigenvalue weighted by Gasteiger charge is -2.30. The van der Waals surface area contributed by atoms with Crippen LogP contribution in [0.1, 0.15) is 22.3 Å². The van der Waals surface area contributed by atoms with E-state index in [9.17, 15) is 0 Å². The third-order valence-electron chi connectivity index (χ3n) is 7.94. The molecular weight excluding hydrogens is 422 g/mol. The summed E-state index contributed by atoms with van der Waals surface area (Å²) >= 11 is 0. The largest absolute Gasteiger partial charge is 0.256 e. The molecule has 0 unspecified atom stereocenters. The van der Waals surface area contributed by atoms with E-state index in [0.717, 1.165) is 11.3 Å². The van der Waals surface area contributed by atoms with Gasteiger partial charge in [0.2, 0.25) is 0 Å². The number of rotatable bonds is 1. The van der Waals surface area contributed by atoms with E-state index in [4.69, 9.17) is 4.98 Å². The number of benzene rings is 5. The molecule has 0 N–H and O–H groups in total. The molecule has 0 aliphatic heterocycles. The summed E-state index contributed by atoms with van der Waals surface area (Å²) in [5.74, 6) is 0. The van der Waals surface area contributed by atoms with Crippen molar-refractivity contribution in [3.05, 3.63) is 150 Å². The van der Waals surface area contributed by atoms with Gasteiger partial charge < -0.3 is 0 Å². The van der Waals surface area contributed by atoms with Gasteiger partial charge in [0.15, 0.2) is 0 Å². The second-order valence-electron chi connectivity index (χ2n) is 9.53. The van der Waals surface area contributed by atoms with Crippen LogP contribution in [0.3, 0.4) is 0 Å². The van der Waals surface area contributed by atoms with Crippen LogP contribution in [0, 0.1) is 0 Å². The molecule has 6 aromatic rings. The van der Waals surface area contributed by atoms with E-state index >= 15 is 0 Å². The Balaban J connectivity index is 1.51. The fraction of sp³-hybridized carbons (Fsp3) is 0.0294. The lowest BCUT2D eigenvalue weighted by Crippen LogP contribution is -2.25. The normalized spacial score (nSPS) is 13.9. The topological polar surface area (TPSA) is 12.9 Å². The minimum absolute atomic E-state index is 0.320. The summed E-state index contributed by atoms with van der Waals surface area (Å²) in [6, 6.07) is 44.4. The van der Waals surface area contributed by atoms with E-state index in [-0.39, 0.29) is 5.41 Å². The summed E-state index contributed by atoms with van der Waals surface area (Å²) in [4.78, 5) is 4.86. The summed E-state index contributed by atoms with van der Waals surface area (Å²) in [6.45, 7) is 0. The first-order valence-corrected chi connectivity index (χ1v) is 12.2. The van der Waals surface area contributed by atoms with Gasteiger partial charge in [-0.15, -0.1) is 0 Å². The van der Waals surface area contributed by atoms with E-state index < -0.39 is 0 Å². The predicted molar refractivity (Wildman–Crippen MR) is 143 cm³/mol. The van der Waals surface area contributed by atoms with E-state index in [0.29, 0.717) is 0 Å². The van der Waals surface area contributed by atoms with Crippen molar-refractivity contribution in [1.82, 2.24) is 4.98 Å². The van der Waals surface area contributed by atoms with Crippen molar-refractivity contribution in [1.29, 1.82) is 0 Å². The fourth-order valence-electron chi connectivity index (χ4n) is 6.59. The number of aromatic nitrogens is 1. The zero-order chi connectivity index (χ0) is 23.0. The number of pyridine rings is 1. The molecule has 0 bridgehead atoms. The Morgan fingerprint density at radius 2 is 1.00 bits per heavy atom. The van der Waals surface area contributed by atoms with E-state index in [1.807, 2.05) is 6.20 Å². The van der Waals surface area contributed by atoms with Gasteiger partial charge in [-0.1, -0.05) is 109 Å². The molecule has 0 radical (unpaired) electrons. The molecule has 0 fully saturated rings. The molecule has 35 heavy (non-hydrogen) atoms. The molecule has 162 valence electrons. The van der Waals surface area contributed by atoms with Crippen LogP contribution in [-0.2, 0) is 5.41 Å². The van der Waals surface area contributed by atoms with Crippen LogP contribution in [0.4, 0.5) is 0 Å². The molecule has 1 heteroatoms. The van der Waals surface area contributed by atoms with Gasteiger partial charge >= 0.3 is 0 Å². The zero-order valence-corrected chi connectivity index (χ0v) is 19.1. The van der Waals surface area contributed by atoms with Crippen LogP contribution in [0.15, 0.2) is 128 Å². The maximum atomic E-state index is 4.86. The van der Waals surface area contributed by atoms with Gasteiger partial charge in [0.25, 0.3) is 0 Å². The Labute approximate surface area is 204 Å². The Morgan fingerprint density at radius 1 is 0.457 bits per heavy atom. The van der Waals surface area contributed by atoms with E-state index in [1.165, 1.54) is 55.3 Å². The smallest absolute Gasteiger partial charge is 0.0780 e. The molecule has 5 aromatic carbocycles. The maximum absolute atomic E-state index is 4.86. The van der Waals surface area contributed by atoms with Gasteiger partial charge in [0.05, 0.1) is 11.1 Å². The van der Waals surface area contributed by atoms with Gasteiger partial charge in [-0.25, -0.2) is 0 Å². The van der Waals surface area contributed by atoms with Crippen molar-refractivity contribution in [2.45, 2.75) is 5.41 Å². The highest BCUT2D eigenvalue weighted by Crippen LogP contribution is 2.62. The summed E-state index contributed by atoms with van der Waals surface area (Å²) in [7, 11) is 0. The number of hydrogen-bond acceptors (Lipinski definition) is 1. The quantitative estimate of drug-likeness (QED) is 0.249. The third-order valence-corrected chi connectivity index (χ3v) is 7.94. The lowest BCUT2D eigenvalue weighted by atomic mass is 9.70. The van der Waals surface area contributed by atoms with Gasteiger partial charge in [0.1, 0.15) is 0 Å². The van der Waals surface area contributed by atoms with Gasteiger partial charge in [-0.2, -0.15) is 0 Å². The van der Waals surface area contributed by atoms with Crippen LogP contribution in [-0.4, -0.2) is 4.98 Å². The van der Waals surface area contributed by atoms with Crippen LogP contribution in [0.5, 0.6) is 0 Å². The van der Waals surface area contributed by atoms with Crippen molar-refractivity contribution in [3.8, 4) is 33.5 Å². The average molecular weight is 444 g/mol. The van der Waals surface area contributed by atoms with Gasteiger partial charge in [-0.3, -0.25) is 4.98 Å². The molecule has 1 nitrogen and oxygen atoms in total. The van der Waals surface area contributed by atoms with Crippen molar-refractivity contribution in [2.75, 3.05) is 0 Å². The van der Waals surface area contributed by atoms with Crippen LogP contribution >= 0.6 is 0 Å². The zero-order valence-electron chi connectivity index (χ0n) is 19.1. The predicted octanol–water partition coefficient (Wildman–Crippen LogP) is 8.25. The summed E-state index contributed by atoms with van der Waals surface area (Å²) in [5, 5.41) is 2.40. The van der Waals surface area contributed by atoms with Crippen molar-refractivity contribution < 1.29 is 0 Å². The minimum Gasteiger partial charge on any atom is -0.256 e. The highest BCUT2D eigenvalue weighted by atomic mass is 14.7. The molecule has 0 saturated heterocycles. The Morgan fingerprint density at radius 3 is 1.66 bits per heavy atom. The van der Waals surface area contributed by atoms with Crippen LogP contribution in [0.2, 0.25) is 0 Å². The van der Waals surface area contributed by atoms with Gasteiger partial charge in [0, 0.05) is 17.1 Å². The monoisotopic (exact) mass is 443 g/mol. The Bertz CT molecular complexity index is 1740. The van der Waals surface area contributed by atoms with E-state index in [2.05, 4.69) is 121 Å². The number of nitrogens with zero attached hydrogens (tertiary/aromatic N) is 1. The summed E-state index contributed by atoms with van der Waals surface area (Å²) in [5.41, 5.74) is 12.6. The van der Waals surface area contributed by atoms with Crippen LogP contribution in [0.25, 0.3) is 44.3 Å². The Hall–Kier alpha value is -4.49. The number of hydrogen-bond donors (Lipinski definition) is 0. The molecule has 1 heterocycles. The minimum atomic E-state index is -0.320. The lowest BCUT2D eigenvalue weighted by molar-refractivity contribution is 0.794. The molecular formula is C34H21N. The molecule has 0 saturated carbocycles. The second-order valence-corrected chi connectivity index (χ2v) is 9.53. The van der Waals surface area contributed by atoms with Gasteiger partial charge in [-0.05, 0) is 62.0 Å². The third kappa shape index (κ3) is 2.30. The van der Waals surface area contributed by atoms with Crippen molar-refractivity contribution >= 4 is 10.8 Å². The fourth-order valence-corrected chi connectivity index (χ4v) is 6.59. The highest BCUT2D eigenvalue weighted by molar-refractivity contribution is 5.98. The molecule has 8 rings (SSSR count). The first kappa shape index (κ1) is 18.9. The maximum Gasteiger partial charge on any atom is 0.0780 e. The molecule has 1 aromatic heterocycles. The number of fused-ring (bicyclic) bond motifs is 11. The summed E-state index contributed by atoms with van der Waals surface area (Å²) in [6.07, 6.45) is 1.93. The second kappa shape index (κ2) is 6.77. The SMILES string of the molecule is c1ccc2c(c1)-c1ccccc1C21c2ccccc2-c2ccc(-c3nccc4ccccc34)cc21. The standard InChI is InChI=1S/C34H21N/c1-2-10-24-22(9-1)19-20-35-33(24)23-17-18-28-27-13-5-8-16-31(27)34(32(28)21-23)29-14-6-3-11-25(29)26-12-4-7-15-30(26)34/h1-21H. The summed E-state index contributed by atoms with van der Waals surface area (Å²) < 4.78 is 0. The Kier molecular flexibility index (Phi) is 3.65. The molecule has 2 aliphatic carbocycles. The molecule has 2 aliphatic rings.